The molecule has 0 spiro atoms. The smallest absolute Gasteiger partial charge is 0.0912 e. The number of likely N-dealkylation sites (tertiary alicyclic amines) is 1. The number of hydrogen-bond acceptors (Lipinski definition) is 1. The predicted molar refractivity (Wildman–Crippen MR) is 69.5 cm³/mol. The molecule has 0 N–H and O–H groups in total. The summed E-state index contributed by atoms with van der Waals surface area (Å²) in [6, 6.07) is 6.29. The molecule has 0 radical (unpaired) electrons. The van der Waals surface area contributed by atoms with Gasteiger partial charge in [-0.15, -0.1) is 0 Å². The van der Waals surface area contributed by atoms with Crippen LogP contribution in [0.5, 0.6) is 0 Å². The van der Waals surface area contributed by atoms with Crippen molar-refractivity contribution in [2.75, 3.05) is 13.1 Å². The van der Waals surface area contributed by atoms with Gasteiger partial charge in [-0.25, -0.2) is 4.99 Å². The summed E-state index contributed by atoms with van der Waals surface area (Å²) in [6.07, 6.45) is 5.99. The quantitative estimate of drug-likeness (QED) is 0.546. The van der Waals surface area contributed by atoms with E-state index in [9.17, 15) is 0 Å². The summed E-state index contributed by atoms with van der Waals surface area (Å²) in [6.45, 7) is 6.59. The molecule has 0 amide bonds. The van der Waals surface area contributed by atoms with Crippen molar-refractivity contribution >= 4 is 12.0 Å². The van der Waals surface area contributed by atoms with Gasteiger partial charge in [0.15, 0.2) is 0 Å². The highest BCUT2D eigenvalue weighted by Crippen LogP contribution is 2.21. The molecule has 2 heteroatoms. The van der Waals surface area contributed by atoms with Gasteiger partial charge in [-0.3, -0.25) is 0 Å². The van der Waals surface area contributed by atoms with Crippen molar-refractivity contribution in [2.45, 2.75) is 33.1 Å². The molecule has 1 heterocycles. The predicted octanol–water partition coefficient (Wildman–Crippen LogP) is 3.45. The van der Waals surface area contributed by atoms with Gasteiger partial charge in [-0.1, -0.05) is 12.1 Å². The molecule has 2 rings (SSSR count). The topological polar surface area (TPSA) is 15.6 Å². The van der Waals surface area contributed by atoms with Crippen LogP contribution in [0.1, 0.15) is 30.4 Å². The van der Waals surface area contributed by atoms with E-state index in [2.05, 4.69) is 41.9 Å². The summed E-state index contributed by atoms with van der Waals surface area (Å²) >= 11 is 0. The Bertz CT molecular complexity index is 376. The van der Waals surface area contributed by atoms with E-state index >= 15 is 0 Å². The zero-order chi connectivity index (χ0) is 11.4. The highest BCUT2D eigenvalue weighted by atomic mass is 15.1. The fourth-order valence-electron chi connectivity index (χ4n) is 2.05. The molecule has 0 atom stereocenters. The molecule has 0 saturated carbocycles. The zero-order valence-corrected chi connectivity index (χ0v) is 10.2. The van der Waals surface area contributed by atoms with Crippen molar-refractivity contribution in [1.82, 2.24) is 4.90 Å². The largest absolute Gasteiger partial charge is 0.363 e. The molecule has 2 nitrogen and oxygen atoms in total. The second kappa shape index (κ2) is 5.15. The Labute approximate surface area is 98.0 Å². The lowest BCUT2D eigenvalue weighted by Crippen LogP contribution is -2.28. The molecule has 0 aromatic heterocycles. The van der Waals surface area contributed by atoms with Crippen LogP contribution in [0.25, 0.3) is 0 Å². The van der Waals surface area contributed by atoms with Crippen LogP contribution in [0.15, 0.2) is 23.2 Å². The molecule has 1 fully saturated rings. The number of rotatable bonds is 2. The van der Waals surface area contributed by atoms with E-state index in [1.807, 2.05) is 6.34 Å². The average molecular weight is 216 g/mol. The van der Waals surface area contributed by atoms with E-state index in [1.165, 1.54) is 30.4 Å². The van der Waals surface area contributed by atoms with Gasteiger partial charge in [0.2, 0.25) is 0 Å². The average Bonchev–Trinajstić information content (AvgIpc) is 2.32. The third kappa shape index (κ3) is 2.63. The number of aliphatic imine (C=N–C) groups is 1. The third-order valence-electron chi connectivity index (χ3n) is 3.33. The molecule has 0 unspecified atom stereocenters. The molecule has 16 heavy (non-hydrogen) atoms. The second-order valence-electron chi connectivity index (χ2n) is 4.56. The van der Waals surface area contributed by atoms with E-state index in [0.717, 1.165) is 18.8 Å². The standard InChI is InChI=1S/C14H20N2/c1-12-7-6-8-14(13(12)2)15-11-16-9-4-3-5-10-16/h6-8,11H,3-5,9-10H2,1-2H3. The van der Waals surface area contributed by atoms with Crippen molar-refractivity contribution in [3.8, 4) is 0 Å². The number of piperidine rings is 1. The minimum absolute atomic E-state index is 1.10. The Morgan fingerprint density at radius 2 is 1.88 bits per heavy atom. The zero-order valence-electron chi connectivity index (χ0n) is 10.2. The lowest BCUT2D eigenvalue weighted by Gasteiger charge is -2.23. The lowest BCUT2D eigenvalue weighted by atomic mass is 10.1. The summed E-state index contributed by atoms with van der Waals surface area (Å²) in [4.78, 5) is 6.92. The van der Waals surface area contributed by atoms with Crippen molar-refractivity contribution in [1.29, 1.82) is 0 Å². The summed E-state index contributed by atoms with van der Waals surface area (Å²) < 4.78 is 0. The molecule has 86 valence electrons. The first-order valence-corrected chi connectivity index (χ1v) is 6.12. The summed E-state index contributed by atoms with van der Waals surface area (Å²) in [7, 11) is 0. The molecule has 0 aliphatic carbocycles. The molecular weight excluding hydrogens is 196 g/mol. The van der Waals surface area contributed by atoms with Crippen LogP contribution in [0, 0.1) is 13.8 Å². The van der Waals surface area contributed by atoms with Crippen molar-refractivity contribution < 1.29 is 0 Å². The van der Waals surface area contributed by atoms with Gasteiger partial charge < -0.3 is 4.90 Å². The molecule has 1 aliphatic heterocycles. The van der Waals surface area contributed by atoms with Crippen LogP contribution < -0.4 is 0 Å². The van der Waals surface area contributed by atoms with Crippen LogP contribution >= 0.6 is 0 Å². The minimum atomic E-state index is 1.10. The molecule has 1 aromatic rings. The van der Waals surface area contributed by atoms with Crippen LogP contribution in [-0.4, -0.2) is 24.3 Å². The summed E-state index contributed by atoms with van der Waals surface area (Å²) in [5, 5.41) is 0. The van der Waals surface area contributed by atoms with Gasteiger partial charge in [0.05, 0.1) is 12.0 Å². The Kier molecular flexibility index (Phi) is 3.60. The maximum absolute atomic E-state index is 4.59. The minimum Gasteiger partial charge on any atom is -0.363 e. The number of hydrogen-bond donors (Lipinski definition) is 0. The third-order valence-corrected chi connectivity index (χ3v) is 3.33. The first kappa shape index (κ1) is 11.2. The van der Waals surface area contributed by atoms with Crippen LogP contribution in [0.3, 0.4) is 0 Å². The van der Waals surface area contributed by atoms with E-state index < -0.39 is 0 Å². The first-order valence-electron chi connectivity index (χ1n) is 6.12. The maximum Gasteiger partial charge on any atom is 0.0912 e. The van der Waals surface area contributed by atoms with E-state index in [1.54, 1.807) is 0 Å². The van der Waals surface area contributed by atoms with Crippen molar-refractivity contribution in [2.24, 2.45) is 4.99 Å². The SMILES string of the molecule is Cc1cccc(N=CN2CCCCC2)c1C. The highest BCUT2D eigenvalue weighted by Gasteiger charge is 2.06. The Morgan fingerprint density at radius 1 is 1.12 bits per heavy atom. The van der Waals surface area contributed by atoms with Gasteiger partial charge in [0, 0.05) is 13.1 Å². The van der Waals surface area contributed by atoms with Crippen LogP contribution in [0.4, 0.5) is 5.69 Å². The van der Waals surface area contributed by atoms with Gasteiger partial charge >= 0.3 is 0 Å². The van der Waals surface area contributed by atoms with E-state index in [0.29, 0.717) is 0 Å². The van der Waals surface area contributed by atoms with Crippen LogP contribution in [-0.2, 0) is 0 Å². The fraction of sp³-hybridized carbons (Fsp3) is 0.500. The fourth-order valence-corrected chi connectivity index (χ4v) is 2.05. The van der Waals surface area contributed by atoms with Crippen molar-refractivity contribution in [3.05, 3.63) is 29.3 Å². The Balaban J connectivity index is 2.07. The molecule has 1 aliphatic rings. The van der Waals surface area contributed by atoms with E-state index in [4.69, 9.17) is 0 Å². The Hall–Kier alpha value is -1.31. The van der Waals surface area contributed by atoms with Gasteiger partial charge in [-0.2, -0.15) is 0 Å². The number of aryl methyl sites for hydroxylation is 1. The van der Waals surface area contributed by atoms with Gasteiger partial charge in [0.1, 0.15) is 0 Å². The second-order valence-corrected chi connectivity index (χ2v) is 4.56. The monoisotopic (exact) mass is 216 g/mol. The van der Waals surface area contributed by atoms with Crippen molar-refractivity contribution in [3.63, 3.8) is 0 Å². The summed E-state index contributed by atoms with van der Waals surface area (Å²) in [5.74, 6) is 0. The molecule has 0 bridgehead atoms. The maximum atomic E-state index is 4.59. The molecule has 1 aromatic carbocycles. The van der Waals surface area contributed by atoms with Gasteiger partial charge in [0.25, 0.3) is 0 Å². The summed E-state index contributed by atoms with van der Waals surface area (Å²) in [5.41, 5.74) is 3.70. The first-order chi connectivity index (χ1) is 7.77. The molecule has 1 saturated heterocycles. The van der Waals surface area contributed by atoms with Crippen LogP contribution in [0.2, 0.25) is 0 Å². The number of nitrogens with zero attached hydrogens (tertiary/aromatic N) is 2. The van der Waals surface area contributed by atoms with Gasteiger partial charge in [-0.05, 0) is 50.3 Å². The normalized spacial score (nSPS) is 17.0. The Morgan fingerprint density at radius 3 is 2.62 bits per heavy atom. The molecular formula is C14H20N2. The number of benzene rings is 1. The lowest BCUT2D eigenvalue weighted by molar-refractivity contribution is 0.351. The highest BCUT2D eigenvalue weighted by molar-refractivity contribution is 5.63. The van der Waals surface area contributed by atoms with E-state index in [-0.39, 0.29) is 0 Å².